The molecule has 4 rings (SSSR count). The number of rotatable bonds is 6. The van der Waals surface area contributed by atoms with Gasteiger partial charge in [-0.1, -0.05) is 18.2 Å². The Balaban J connectivity index is 1.67. The minimum atomic E-state index is -0.870. The number of aromatic amines is 1. The Bertz CT molecular complexity index is 1130. The number of H-pyrrole nitrogens is 1. The van der Waals surface area contributed by atoms with Crippen molar-refractivity contribution in [3.05, 3.63) is 51.2 Å². The Hall–Kier alpha value is -3.11. The molecule has 0 radical (unpaired) electrons. The van der Waals surface area contributed by atoms with E-state index < -0.39 is 17.4 Å². The number of nitrogens with one attached hydrogen (secondary N) is 1. The van der Waals surface area contributed by atoms with Gasteiger partial charge in [-0.05, 0) is 19.2 Å². The fourth-order valence-electron chi connectivity index (χ4n) is 3.62. The Morgan fingerprint density at radius 1 is 1.13 bits per heavy atom. The monoisotopic (exact) mass is 414 g/mol. The Kier molecular flexibility index (Phi) is 5.60. The molecule has 1 aliphatic heterocycles. The average molecular weight is 414 g/mol. The summed E-state index contributed by atoms with van der Waals surface area (Å²) >= 11 is 0. The van der Waals surface area contributed by atoms with Gasteiger partial charge in [0.15, 0.2) is 11.2 Å². The van der Waals surface area contributed by atoms with E-state index >= 15 is 0 Å². The molecule has 0 aliphatic carbocycles. The molecule has 3 aromatic rings. The molecule has 1 fully saturated rings. The van der Waals surface area contributed by atoms with Crippen LogP contribution in [0.4, 0.5) is 5.95 Å². The van der Waals surface area contributed by atoms with E-state index in [4.69, 9.17) is 4.74 Å². The smallest absolute Gasteiger partial charge is 0.329 e. The van der Waals surface area contributed by atoms with Crippen molar-refractivity contribution in [1.82, 2.24) is 24.0 Å². The van der Waals surface area contributed by atoms with Crippen LogP contribution in [0.3, 0.4) is 0 Å². The van der Waals surface area contributed by atoms with Gasteiger partial charge >= 0.3 is 5.69 Å². The molecule has 0 spiro atoms. The third kappa shape index (κ3) is 3.96. The molecule has 0 unspecified atom stereocenters. The van der Waals surface area contributed by atoms with Crippen LogP contribution in [0.5, 0.6) is 5.75 Å². The van der Waals surface area contributed by atoms with Crippen LogP contribution in [0, 0.1) is 0 Å². The van der Waals surface area contributed by atoms with Crippen molar-refractivity contribution in [1.29, 1.82) is 0 Å². The van der Waals surface area contributed by atoms with E-state index in [1.807, 2.05) is 30.3 Å². The van der Waals surface area contributed by atoms with Crippen molar-refractivity contribution in [3.8, 4) is 5.75 Å². The predicted octanol–water partition coefficient (Wildman–Crippen LogP) is -0.385. The van der Waals surface area contributed by atoms with Gasteiger partial charge in [0.1, 0.15) is 18.5 Å². The van der Waals surface area contributed by atoms with Gasteiger partial charge in [0.25, 0.3) is 5.56 Å². The first-order chi connectivity index (χ1) is 14.4. The number of hydrogen-bond donors (Lipinski definition) is 2. The normalized spacial score (nSPS) is 16.2. The molecule has 160 valence electrons. The summed E-state index contributed by atoms with van der Waals surface area (Å²) in [5.74, 6) is 1.23. The molecule has 2 aromatic heterocycles. The molecule has 1 atom stereocenters. The maximum atomic E-state index is 12.6. The van der Waals surface area contributed by atoms with Crippen LogP contribution in [-0.2, 0) is 13.6 Å². The van der Waals surface area contributed by atoms with Gasteiger partial charge < -0.3 is 24.2 Å². The molecule has 0 saturated carbocycles. The number of piperazine rings is 1. The second-order valence-electron chi connectivity index (χ2n) is 7.58. The minimum Gasteiger partial charge on any atom is -0.491 e. The van der Waals surface area contributed by atoms with Gasteiger partial charge in [-0.2, -0.15) is 4.98 Å². The Morgan fingerprint density at radius 3 is 2.53 bits per heavy atom. The van der Waals surface area contributed by atoms with E-state index in [2.05, 4.69) is 26.8 Å². The lowest BCUT2D eigenvalue weighted by atomic mass is 10.3. The number of aryl methyl sites for hydroxylation is 1. The number of aliphatic hydroxyl groups is 1. The van der Waals surface area contributed by atoms with Crippen molar-refractivity contribution >= 4 is 17.1 Å². The molecule has 1 saturated heterocycles. The second kappa shape index (κ2) is 8.33. The number of para-hydroxylation sites is 1. The van der Waals surface area contributed by atoms with Gasteiger partial charge in [0.05, 0.1) is 6.54 Å². The summed E-state index contributed by atoms with van der Waals surface area (Å²) in [5, 5.41) is 10.6. The number of likely N-dealkylation sites (N-methyl/N-ethyl adjacent to an activating group) is 1. The highest BCUT2D eigenvalue weighted by Gasteiger charge is 2.25. The number of fused-ring (bicyclic) bond motifs is 1. The van der Waals surface area contributed by atoms with E-state index in [0.717, 1.165) is 26.2 Å². The van der Waals surface area contributed by atoms with Gasteiger partial charge in [0, 0.05) is 33.2 Å². The standard InChI is InChI=1S/C20H26N6O4/c1-23-8-10-25(11-9-23)19-21-17-16(18(28)22-20(29)24(17)2)26(19)12-14(27)13-30-15-6-4-3-5-7-15/h3-7,14,27H,8-13H2,1-2H3,(H,22,28,29)/t14-/m0/s1. The first-order valence-corrected chi connectivity index (χ1v) is 9.93. The van der Waals surface area contributed by atoms with Crippen molar-refractivity contribution in [2.75, 3.05) is 44.7 Å². The summed E-state index contributed by atoms with van der Waals surface area (Å²) < 4.78 is 8.67. The second-order valence-corrected chi connectivity index (χ2v) is 7.58. The molecule has 0 bridgehead atoms. The fraction of sp³-hybridized carbons (Fsp3) is 0.450. The highest BCUT2D eigenvalue weighted by molar-refractivity contribution is 5.74. The summed E-state index contributed by atoms with van der Waals surface area (Å²) in [7, 11) is 3.63. The van der Waals surface area contributed by atoms with E-state index in [0.29, 0.717) is 17.3 Å². The lowest BCUT2D eigenvalue weighted by molar-refractivity contribution is 0.0935. The fourth-order valence-corrected chi connectivity index (χ4v) is 3.62. The summed E-state index contributed by atoms with van der Waals surface area (Å²) in [6.07, 6.45) is -0.870. The summed E-state index contributed by atoms with van der Waals surface area (Å²) in [6, 6.07) is 9.23. The van der Waals surface area contributed by atoms with Gasteiger partial charge in [-0.3, -0.25) is 14.3 Å². The van der Waals surface area contributed by atoms with Crippen LogP contribution >= 0.6 is 0 Å². The number of nitrogens with zero attached hydrogens (tertiary/aromatic N) is 5. The first kappa shape index (κ1) is 20.2. The lowest BCUT2D eigenvalue weighted by Crippen LogP contribution is -2.45. The maximum absolute atomic E-state index is 12.6. The molecule has 1 aliphatic rings. The number of imidazole rings is 1. The van der Waals surface area contributed by atoms with Crippen LogP contribution in [0.2, 0.25) is 0 Å². The largest absolute Gasteiger partial charge is 0.491 e. The van der Waals surface area contributed by atoms with Gasteiger partial charge in [-0.15, -0.1) is 0 Å². The topological polar surface area (TPSA) is 109 Å². The Morgan fingerprint density at radius 2 is 1.83 bits per heavy atom. The molecule has 1 aromatic carbocycles. The number of hydrogen-bond acceptors (Lipinski definition) is 7. The number of anilines is 1. The summed E-state index contributed by atoms with van der Waals surface area (Å²) in [6.45, 7) is 3.38. The molecule has 10 nitrogen and oxygen atoms in total. The lowest BCUT2D eigenvalue weighted by Gasteiger charge is -2.33. The zero-order valence-corrected chi connectivity index (χ0v) is 17.1. The number of aliphatic hydroxyl groups excluding tert-OH is 1. The number of aromatic nitrogens is 4. The zero-order chi connectivity index (χ0) is 21.3. The Labute approximate surface area is 172 Å². The minimum absolute atomic E-state index is 0.0650. The molecule has 10 heteroatoms. The van der Waals surface area contributed by atoms with Gasteiger partial charge in [-0.25, -0.2) is 4.79 Å². The van der Waals surface area contributed by atoms with Crippen molar-refractivity contribution in [3.63, 3.8) is 0 Å². The SMILES string of the molecule is CN1CCN(c2nc3c(c(=O)[nH]c(=O)n3C)n2C[C@H](O)COc2ccccc2)CC1. The number of ether oxygens (including phenoxy) is 1. The predicted molar refractivity (Wildman–Crippen MR) is 113 cm³/mol. The van der Waals surface area contributed by atoms with Crippen LogP contribution in [0.25, 0.3) is 11.2 Å². The van der Waals surface area contributed by atoms with Crippen LogP contribution < -0.4 is 20.9 Å². The third-order valence-electron chi connectivity index (χ3n) is 5.35. The van der Waals surface area contributed by atoms with Crippen molar-refractivity contribution in [2.45, 2.75) is 12.6 Å². The summed E-state index contributed by atoms with van der Waals surface area (Å²) in [5.41, 5.74) is -0.467. The van der Waals surface area contributed by atoms with E-state index in [9.17, 15) is 14.7 Å². The third-order valence-corrected chi connectivity index (χ3v) is 5.35. The molecule has 3 heterocycles. The van der Waals surface area contributed by atoms with E-state index in [1.54, 1.807) is 11.6 Å². The van der Waals surface area contributed by atoms with Crippen molar-refractivity contribution in [2.24, 2.45) is 7.05 Å². The molecule has 0 amide bonds. The molecular weight excluding hydrogens is 388 g/mol. The maximum Gasteiger partial charge on any atom is 0.329 e. The van der Waals surface area contributed by atoms with Crippen LogP contribution in [0.15, 0.2) is 39.9 Å². The van der Waals surface area contributed by atoms with Crippen LogP contribution in [0.1, 0.15) is 0 Å². The van der Waals surface area contributed by atoms with E-state index in [1.165, 1.54) is 4.57 Å². The average Bonchev–Trinajstić information content (AvgIpc) is 3.12. The van der Waals surface area contributed by atoms with Crippen LogP contribution in [-0.4, -0.2) is 75.0 Å². The van der Waals surface area contributed by atoms with E-state index in [-0.39, 0.29) is 18.7 Å². The summed E-state index contributed by atoms with van der Waals surface area (Å²) in [4.78, 5) is 35.9. The zero-order valence-electron chi connectivity index (χ0n) is 17.1. The quantitative estimate of drug-likeness (QED) is 0.566. The molecule has 30 heavy (non-hydrogen) atoms. The molecule has 2 N–H and O–H groups in total. The van der Waals surface area contributed by atoms with Crippen molar-refractivity contribution < 1.29 is 9.84 Å². The number of benzene rings is 1. The highest BCUT2D eigenvalue weighted by atomic mass is 16.5. The molecular formula is C20H26N6O4. The first-order valence-electron chi connectivity index (χ1n) is 9.93. The highest BCUT2D eigenvalue weighted by Crippen LogP contribution is 2.21. The van der Waals surface area contributed by atoms with Gasteiger partial charge in [0.2, 0.25) is 5.95 Å².